The number of rotatable bonds is 6. The van der Waals surface area contributed by atoms with Gasteiger partial charge in [0, 0.05) is 16.5 Å². The van der Waals surface area contributed by atoms with E-state index < -0.39 is 0 Å². The summed E-state index contributed by atoms with van der Waals surface area (Å²) in [6.45, 7) is 4.50. The summed E-state index contributed by atoms with van der Waals surface area (Å²) >= 11 is 2.04. The van der Waals surface area contributed by atoms with Gasteiger partial charge < -0.3 is 4.74 Å². The van der Waals surface area contributed by atoms with Gasteiger partial charge in [-0.3, -0.25) is 10.1 Å². The van der Waals surface area contributed by atoms with Crippen molar-refractivity contribution in [1.29, 1.82) is 0 Å². The van der Waals surface area contributed by atoms with E-state index in [9.17, 15) is 4.79 Å². The molecule has 18 heavy (non-hydrogen) atoms. The molecule has 2 aliphatic carbocycles. The van der Waals surface area contributed by atoms with Gasteiger partial charge >= 0.3 is 5.97 Å². The van der Waals surface area contributed by atoms with Crippen LogP contribution in [0.15, 0.2) is 0 Å². The van der Waals surface area contributed by atoms with Gasteiger partial charge in [-0.1, -0.05) is 13.8 Å². The number of hydrogen-bond donors (Lipinski definition) is 1. The summed E-state index contributed by atoms with van der Waals surface area (Å²) in [7, 11) is 1.51. The lowest BCUT2D eigenvalue weighted by Gasteiger charge is -2.28. The molecule has 0 saturated heterocycles. The molecule has 0 aromatic rings. The topological polar surface area (TPSA) is 38.3 Å². The molecule has 0 aromatic heterocycles. The Bertz CT molecular complexity index is 306. The molecule has 0 spiro atoms. The van der Waals surface area contributed by atoms with Gasteiger partial charge in [-0.2, -0.15) is 11.8 Å². The SMILES string of the molecule is CCC(C)SC1CCC(NC2CC2)(C(=O)OC)C1. The summed E-state index contributed by atoms with van der Waals surface area (Å²) < 4.78 is 5.04. The maximum Gasteiger partial charge on any atom is 0.326 e. The summed E-state index contributed by atoms with van der Waals surface area (Å²) in [5.74, 6) is -0.0540. The molecule has 2 fully saturated rings. The first kappa shape index (κ1) is 14.2. The molecule has 2 aliphatic rings. The van der Waals surface area contributed by atoms with E-state index in [-0.39, 0.29) is 11.5 Å². The fraction of sp³-hybridized carbons (Fsp3) is 0.929. The van der Waals surface area contributed by atoms with E-state index in [1.165, 1.54) is 26.4 Å². The molecule has 3 unspecified atom stereocenters. The van der Waals surface area contributed by atoms with Crippen molar-refractivity contribution in [3.63, 3.8) is 0 Å². The van der Waals surface area contributed by atoms with Crippen LogP contribution in [0.1, 0.15) is 52.4 Å². The quantitative estimate of drug-likeness (QED) is 0.754. The first-order chi connectivity index (χ1) is 8.59. The predicted octanol–water partition coefficient (Wildman–Crippen LogP) is 2.73. The van der Waals surface area contributed by atoms with Crippen LogP contribution in [0.2, 0.25) is 0 Å². The lowest BCUT2D eigenvalue weighted by Crippen LogP contribution is -2.52. The number of carbonyl (C=O) groups is 1. The maximum absolute atomic E-state index is 12.1. The molecule has 2 rings (SSSR count). The largest absolute Gasteiger partial charge is 0.468 e. The molecule has 0 aromatic carbocycles. The average Bonchev–Trinajstić information content (AvgIpc) is 3.09. The van der Waals surface area contributed by atoms with Gasteiger partial charge in [0.05, 0.1) is 7.11 Å². The monoisotopic (exact) mass is 271 g/mol. The first-order valence-electron chi connectivity index (χ1n) is 7.11. The van der Waals surface area contributed by atoms with Crippen LogP contribution in [0.25, 0.3) is 0 Å². The predicted molar refractivity (Wildman–Crippen MR) is 75.9 cm³/mol. The molecule has 2 saturated carbocycles. The fourth-order valence-electron chi connectivity index (χ4n) is 2.73. The number of carbonyl (C=O) groups excluding carboxylic acids is 1. The van der Waals surface area contributed by atoms with Gasteiger partial charge in [0.25, 0.3) is 0 Å². The molecular weight excluding hydrogens is 246 g/mol. The van der Waals surface area contributed by atoms with E-state index in [2.05, 4.69) is 19.2 Å². The number of ether oxygens (including phenoxy) is 1. The van der Waals surface area contributed by atoms with Crippen LogP contribution in [0.4, 0.5) is 0 Å². The zero-order chi connectivity index (χ0) is 13.2. The summed E-state index contributed by atoms with van der Waals surface area (Å²) in [5.41, 5.74) is -0.388. The highest BCUT2D eigenvalue weighted by Gasteiger charge is 2.49. The van der Waals surface area contributed by atoms with Crippen molar-refractivity contribution in [2.24, 2.45) is 0 Å². The second-order valence-corrected chi connectivity index (χ2v) is 7.46. The number of thioether (sulfide) groups is 1. The Morgan fingerprint density at radius 1 is 1.50 bits per heavy atom. The summed E-state index contributed by atoms with van der Waals surface area (Å²) in [4.78, 5) is 12.1. The number of methoxy groups -OCH3 is 1. The third-order valence-corrected chi connectivity index (χ3v) is 5.69. The Hall–Kier alpha value is -0.220. The zero-order valence-electron chi connectivity index (χ0n) is 11.7. The van der Waals surface area contributed by atoms with E-state index in [0.29, 0.717) is 16.5 Å². The molecule has 104 valence electrons. The van der Waals surface area contributed by atoms with Gasteiger partial charge in [-0.25, -0.2) is 0 Å². The Balaban J connectivity index is 1.96. The van der Waals surface area contributed by atoms with Crippen molar-refractivity contribution in [2.45, 2.75) is 74.5 Å². The summed E-state index contributed by atoms with van der Waals surface area (Å²) in [6, 6.07) is 0.552. The normalized spacial score (nSPS) is 33.4. The Labute approximate surface area is 114 Å². The van der Waals surface area contributed by atoms with Crippen molar-refractivity contribution < 1.29 is 9.53 Å². The molecule has 3 nitrogen and oxygen atoms in total. The van der Waals surface area contributed by atoms with Gasteiger partial charge in [0.1, 0.15) is 5.54 Å². The molecule has 0 bridgehead atoms. The first-order valence-corrected chi connectivity index (χ1v) is 8.05. The standard InChI is InChI=1S/C14H25NO2S/c1-4-10(2)18-12-7-8-14(9-12,13(16)17-3)15-11-5-6-11/h10-12,15H,4-9H2,1-3H3. The molecule has 0 amide bonds. The van der Waals surface area contributed by atoms with Gasteiger partial charge in [-0.05, 0) is 38.5 Å². The number of esters is 1. The molecule has 4 heteroatoms. The van der Waals surface area contributed by atoms with E-state index in [1.807, 2.05) is 11.8 Å². The second kappa shape index (κ2) is 5.83. The maximum atomic E-state index is 12.1. The van der Waals surface area contributed by atoms with E-state index in [0.717, 1.165) is 19.3 Å². The minimum Gasteiger partial charge on any atom is -0.468 e. The number of hydrogen-bond acceptors (Lipinski definition) is 4. The smallest absolute Gasteiger partial charge is 0.326 e. The summed E-state index contributed by atoms with van der Waals surface area (Å²) in [5, 5.41) is 4.84. The van der Waals surface area contributed by atoms with Crippen molar-refractivity contribution in [3.05, 3.63) is 0 Å². The summed E-state index contributed by atoms with van der Waals surface area (Å²) in [6.07, 6.45) is 6.62. The van der Waals surface area contributed by atoms with E-state index in [1.54, 1.807) is 0 Å². The second-order valence-electron chi connectivity index (χ2n) is 5.71. The highest BCUT2D eigenvalue weighted by atomic mass is 32.2. The van der Waals surface area contributed by atoms with Crippen molar-refractivity contribution in [1.82, 2.24) is 5.32 Å². The van der Waals surface area contributed by atoms with Crippen molar-refractivity contribution in [3.8, 4) is 0 Å². The van der Waals surface area contributed by atoms with Gasteiger partial charge in [0.2, 0.25) is 0 Å². The number of nitrogens with one attached hydrogen (secondary N) is 1. The van der Waals surface area contributed by atoms with Gasteiger partial charge in [0.15, 0.2) is 0 Å². The van der Waals surface area contributed by atoms with Crippen molar-refractivity contribution >= 4 is 17.7 Å². The minimum absolute atomic E-state index is 0.0540. The average molecular weight is 271 g/mol. The molecule has 0 aliphatic heterocycles. The van der Waals surface area contributed by atoms with Crippen LogP contribution >= 0.6 is 11.8 Å². The highest BCUT2D eigenvalue weighted by Crippen LogP contribution is 2.41. The van der Waals surface area contributed by atoms with Crippen LogP contribution < -0.4 is 5.32 Å². The van der Waals surface area contributed by atoms with Gasteiger partial charge in [-0.15, -0.1) is 0 Å². The van der Waals surface area contributed by atoms with Crippen LogP contribution in [0.3, 0.4) is 0 Å². The lowest BCUT2D eigenvalue weighted by molar-refractivity contribution is -0.148. The Morgan fingerprint density at radius 3 is 2.78 bits per heavy atom. The lowest BCUT2D eigenvalue weighted by atomic mass is 9.97. The van der Waals surface area contributed by atoms with Crippen LogP contribution in [0.5, 0.6) is 0 Å². The minimum atomic E-state index is -0.388. The molecule has 0 radical (unpaired) electrons. The van der Waals surface area contributed by atoms with Crippen LogP contribution in [-0.2, 0) is 9.53 Å². The third-order valence-electron chi connectivity index (χ3n) is 4.10. The van der Waals surface area contributed by atoms with Crippen LogP contribution in [0, 0.1) is 0 Å². The Kier molecular flexibility index (Phi) is 4.59. The van der Waals surface area contributed by atoms with Crippen molar-refractivity contribution in [2.75, 3.05) is 7.11 Å². The van der Waals surface area contributed by atoms with E-state index in [4.69, 9.17) is 4.74 Å². The highest BCUT2D eigenvalue weighted by molar-refractivity contribution is 8.00. The molecular formula is C14H25NO2S. The zero-order valence-corrected chi connectivity index (χ0v) is 12.5. The third kappa shape index (κ3) is 3.21. The fourth-order valence-corrected chi connectivity index (χ4v) is 4.21. The molecule has 3 atom stereocenters. The molecule has 0 heterocycles. The Morgan fingerprint density at radius 2 is 2.22 bits per heavy atom. The van der Waals surface area contributed by atoms with Crippen LogP contribution in [-0.4, -0.2) is 35.2 Å². The molecule has 1 N–H and O–H groups in total. The van der Waals surface area contributed by atoms with E-state index >= 15 is 0 Å².